The van der Waals surface area contributed by atoms with Gasteiger partial charge in [0.2, 0.25) is 11.8 Å². The Kier molecular flexibility index (Phi) is 5.80. The molecule has 1 heterocycles. The van der Waals surface area contributed by atoms with Gasteiger partial charge in [0.05, 0.1) is 0 Å². The van der Waals surface area contributed by atoms with Crippen LogP contribution in [0.2, 0.25) is 0 Å². The molecular formula is C17H18FN3O2. The van der Waals surface area contributed by atoms with Gasteiger partial charge < -0.3 is 10.2 Å². The molecule has 120 valence electrons. The lowest BCUT2D eigenvalue weighted by Crippen LogP contribution is -2.33. The van der Waals surface area contributed by atoms with Crippen molar-refractivity contribution < 1.29 is 14.0 Å². The van der Waals surface area contributed by atoms with Crippen molar-refractivity contribution in [2.24, 2.45) is 0 Å². The molecule has 0 aliphatic rings. The molecule has 1 N–H and O–H groups in total. The Morgan fingerprint density at radius 3 is 2.74 bits per heavy atom. The average molecular weight is 315 g/mol. The van der Waals surface area contributed by atoms with Gasteiger partial charge in [-0.2, -0.15) is 0 Å². The highest BCUT2D eigenvalue weighted by Gasteiger charge is 2.13. The Morgan fingerprint density at radius 2 is 2.09 bits per heavy atom. The topological polar surface area (TPSA) is 62.3 Å². The Morgan fingerprint density at radius 1 is 1.26 bits per heavy atom. The summed E-state index contributed by atoms with van der Waals surface area (Å²) in [5, 5.41) is 2.77. The van der Waals surface area contributed by atoms with Crippen molar-refractivity contribution >= 4 is 17.5 Å². The van der Waals surface area contributed by atoms with Crippen LogP contribution in [0.5, 0.6) is 0 Å². The predicted octanol–water partition coefficient (Wildman–Crippen LogP) is 2.28. The number of hydrogen-bond acceptors (Lipinski definition) is 3. The average Bonchev–Trinajstić information content (AvgIpc) is 2.54. The van der Waals surface area contributed by atoms with Crippen LogP contribution in [0.15, 0.2) is 48.8 Å². The van der Waals surface area contributed by atoms with Crippen molar-refractivity contribution in [3.05, 3.63) is 60.2 Å². The van der Waals surface area contributed by atoms with Crippen LogP contribution in [0.25, 0.3) is 0 Å². The van der Waals surface area contributed by atoms with E-state index in [1.807, 2.05) is 6.07 Å². The molecule has 0 aliphatic heterocycles. The van der Waals surface area contributed by atoms with E-state index in [4.69, 9.17) is 0 Å². The molecule has 1 aromatic carbocycles. The van der Waals surface area contributed by atoms with Crippen molar-refractivity contribution in [1.82, 2.24) is 10.3 Å². The van der Waals surface area contributed by atoms with E-state index < -0.39 is 5.82 Å². The molecule has 2 aromatic rings. The van der Waals surface area contributed by atoms with E-state index in [9.17, 15) is 14.0 Å². The molecular weight excluding hydrogens is 297 g/mol. The zero-order valence-electron chi connectivity index (χ0n) is 12.8. The normalized spacial score (nSPS) is 10.2. The van der Waals surface area contributed by atoms with E-state index in [0.29, 0.717) is 12.2 Å². The van der Waals surface area contributed by atoms with Gasteiger partial charge in [-0.15, -0.1) is 0 Å². The SMILES string of the molecule is CC(=O)N(CCC(=O)NCc1cccnc1)c1cccc(F)c1. The molecule has 0 atom stereocenters. The number of amides is 2. The summed E-state index contributed by atoms with van der Waals surface area (Å²) in [7, 11) is 0. The van der Waals surface area contributed by atoms with E-state index in [-0.39, 0.29) is 24.8 Å². The minimum atomic E-state index is -0.422. The summed E-state index contributed by atoms with van der Waals surface area (Å²) in [5.74, 6) is -0.845. The van der Waals surface area contributed by atoms with Crippen LogP contribution in [0.4, 0.5) is 10.1 Å². The lowest BCUT2D eigenvalue weighted by Gasteiger charge is -2.21. The highest BCUT2D eigenvalue weighted by molar-refractivity contribution is 5.92. The maximum absolute atomic E-state index is 13.3. The summed E-state index contributed by atoms with van der Waals surface area (Å²) in [4.78, 5) is 29.0. The van der Waals surface area contributed by atoms with Crippen LogP contribution >= 0.6 is 0 Å². The molecule has 0 radical (unpaired) electrons. The minimum Gasteiger partial charge on any atom is -0.352 e. The van der Waals surface area contributed by atoms with Gasteiger partial charge in [0.15, 0.2) is 0 Å². The molecule has 0 aliphatic carbocycles. The standard InChI is InChI=1S/C17H18FN3O2/c1-13(22)21(16-6-2-5-15(18)10-16)9-7-17(23)20-12-14-4-3-8-19-11-14/h2-6,8,10-11H,7,9,12H2,1H3,(H,20,23). The fourth-order valence-electron chi connectivity index (χ4n) is 2.12. The van der Waals surface area contributed by atoms with Gasteiger partial charge in [0.1, 0.15) is 5.82 Å². The summed E-state index contributed by atoms with van der Waals surface area (Å²) in [6, 6.07) is 9.41. The van der Waals surface area contributed by atoms with Crippen LogP contribution in [-0.4, -0.2) is 23.3 Å². The summed E-state index contributed by atoms with van der Waals surface area (Å²) in [5.41, 5.74) is 1.34. The Labute approximate surface area is 134 Å². The molecule has 0 bridgehead atoms. The van der Waals surface area contributed by atoms with E-state index in [2.05, 4.69) is 10.3 Å². The first-order valence-corrected chi connectivity index (χ1v) is 7.25. The molecule has 6 heteroatoms. The van der Waals surface area contributed by atoms with E-state index in [1.54, 1.807) is 24.5 Å². The molecule has 2 rings (SSSR count). The predicted molar refractivity (Wildman–Crippen MR) is 85.1 cm³/mol. The third-order valence-corrected chi connectivity index (χ3v) is 3.27. The monoisotopic (exact) mass is 315 g/mol. The van der Waals surface area contributed by atoms with Crippen molar-refractivity contribution in [2.75, 3.05) is 11.4 Å². The van der Waals surface area contributed by atoms with Crippen LogP contribution in [0.3, 0.4) is 0 Å². The zero-order chi connectivity index (χ0) is 16.7. The van der Waals surface area contributed by atoms with Crippen LogP contribution in [0, 0.1) is 5.82 Å². The number of benzene rings is 1. The molecule has 0 saturated heterocycles. The van der Waals surface area contributed by atoms with E-state index >= 15 is 0 Å². The van der Waals surface area contributed by atoms with Gasteiger partial charge >= 0.3 is 0 Å². The van der Waals surface area contributed by atoms with Crippen molar-refractivity contribution in [3.8, 4) is 0 Å². The smallest absolute Gasteiger partial charge is 0.223 e. The number of hydrogen-bond donors (Lipinski definition) is 1. The highest BCUT2D eigenvalue weighted by Crippen LogP contribution is 2.16. The van der Waals surface area contributed by atoms with E-state index in [0.717, 1.165) is 5.56 Å². The lowest BCUT2D eigenvalue weighted by atomic mass is 10.2. The second kappa shape index (κ2) is 8.03. The van der Waals surface area contributed by atoms with Crippen LogP contribution in [-0.2, 0) is 16.1 Å². The molecule has 0 fully saturated rings. The summed E-state index contributed by atoms with van der Waals surface area (Å²) < 4.78 is 13.3. The lowest BCUT2D eigenvalue weighted by molar-refractivity contribution is -0.121. The molecule has 0 spiro atoms. The fraction of sp³-hybridized carbons (Fsp3) is 0.235. The summed E-state index contributed by atoms with van der Waals surface area (Å²) >= 11 is 0. The third kappa shape index (κ3) is 5.18. The molecule has 0 unspecified atom stereocenters. The number of aromatic nitrogens is 1. The Balaban J connectivity index is 1.89. The number of halogens is 1. The second-order valence-electron chi connectivity index (χ2n) is 5.04. The third-order valence-electron chi connectivity index (χ3n) is 3.27. The van der Waals surface area contributed by atoms with Gasteiger partial charge in [-0.3, -0.25) is 14.6 Å². The maximum Gasteiger partial charge on any atom is 0.223 e. The van der Waals surface area contributed by atoms with Gasteiger partial charge in [-0.05, 0) is 29.8 Å². The number of carbonyl (C=O) groups excluding carboxylic acids is 2. The number of anilines is 1. The molecule has 23 heavy (non-hydrogen) atoms. The Bertz CT molecular complexity index is 677. The van der Waals surface area contributed by atoms with E-state index in [1.165, 1.54) is 30.0 Å². The van der Waals surface area contributed by atoms with Gasteiger partial charge in [0, 0.05) is 44.5 Å². The molecule has 5 nitrogen and oxygen atoms in total. The quantitative estimate of drug-likeness (QED) is 0.889. The van der Waals surface area contributed by atoms with Crippen LogP contribution in [0.1, 0.15) is 18.9 Å². The first kappa shape index (κ1) is 16.6. The van der Waals surface area contributed by atoms with Gasteiger partial charge in [-0.1, -0.05) is 12.1 Å². The van der Waals surface area contributed by atoms with Crippen molar-refractivity contribution in [2.45, 2.75) is 19.9 Å². The van der Waals surface area contributed by atoms with Crippen molar-refractivity contribution in [3.63, 3.8) is 0 Å². The number of pyridine rings is 1. The largest absolute Gasteiger partial charge is 0.352 e. The van der Waals surface area contributed by atoms with Crippen molar-refractivity contribution in [1.29, 1.82) is 0 Å². The molecule has 2 amide bonds. The molecule has 1 aromatic heterocycles. The first-order valence-electron chi connectivity index (χ1n) is 7.25. The van der Waals surface area contributed by atoms with Gasteiger partial charge in [-0.25, -0.2) is 4.39 Å². The highest BCUT2D eigenvalue weighted by atomic mass is 19.1. The Hall–Kier alpha value is -2.76. The maximum atomic E-state index is 13.3. The minimum absolute atomic E-state index is 0.135. The van der Waals surface area contributed by atoms with Gasteiger partial charge in [0.25, 0.3) is 0 Å². The summed E-state index contributed by atoms with van der Waals surface area (Å²) in [6.07, 6.45) is 3.47. The number of carbonyl (C=O) groups is 2. The fourth-order valence-corrected chi connectivity index (χ4v) is 2.12. The number of nitrogens with one attached hydrogen (secondary N) is 1. The number of rotatable bonds is 6. The first-order chi connectivity index (χ1) is 11.1. The summed E-state index contributed by atoms with van der Waals surface area (Å²) in [6.45, 7) is 1.96. The van der Waals surface area contributed by atoms with Crippen LogP contribution < -0.4 is 10.2 Å². The second-order valence-corrected chi connectivity index (χ2v) is 5.04. The zero-order valence-corrected chi connectivity index (χ0v) is 12.8. The molecule has 0 saturated carbocycles. The number of nitrogens with zero attached hydrogens (tertiary/aromatic N) is 2.